The third-order valence-corrected chi connectivity index (χ3v) is 5.77. The maximum Gasteiger partial charge on any atom is 0.262 e. The Bertz CT molecular complexity index is 1020. The zero-order valence-corrected chi connectivity index (χ0v) is 20.5. The number of carbonyl (C=O) groups excluding carboxylic acids is 2. The Kier molecular flexibility index (Phi) is 8.65. The van der Waals surface area contributed by atoms with Crippen molar-refractivity contribution in [1.82, 2.24) is 9.91 Å². The van der Waals surface area contributed by atoms with E-state index in [2.05, 4.69) is 0 Å². The molecule has 34 heavy (non-hydrogen) atoms. The first-order valence-electron chi connectivity index (χ1n) is 11.3. The molecule has 0 saturated carbocycles. The van der Waals surface area contributed by atoms with Gasteiger partial charge in [-0.15, -0.1) is 0 Å². The molecule has 2 aromatic rings. The summed E-state index contributed by atoms with van der Waals surface area (Å²) in [6, 6.07) is 15.0. The summed E-state index contributed by atoms with van der Waals surface area (Å²) in [6.45, 7) is 4.26. The number of carbonyl (C=O) groups is 2. The van der Waals surface area contributed by atoms with Crippen molar-refractivity contribution in [3.05, 3.63) is 59.7 Å². The number of hydrogen-bond acceptors (Lipinski definition) is 6. The summed E-state index contributed by atoms with van der Waals surface area (Å²) < 4.78 is 16.0. The Morgan fingerprint density at radius 2 is 1.82 bits per heavy atom. The van der Waals surface area contributed by atoms with E-state index < -0.39 is 0 Å². The lowest BCUT2D eigenvalue weighted by Crippen LogP contribution is -2.44. The quantitative estimate of drug-likeness (QED) is 0.534. The van der Waals surface area contributed by atoms with E-state index in [1.807, 2.05) is 56.3 Å². The van der Waals surface area contributed by atoms with Gasteiger partial charge < -0.3 is 19.1 Å². The third-order valence-electron chi connectivity index (χ3n) is 5.77. The number of amides is 2. The number of benzene rings is 2. The van der Waals surface area contributed by atoms with Crippen LogP contribution in [0.25, 0.3) is 0 Å². The second kappa shape index (κ2) is 11.7. The van der Waals surface area contributed by atoms with Crippen LogP contribution in [-0.4, -0.2) is 68.5 Å². The van der Waals surface area contributed by atoms with Crippen molar-refractivity contribution in [3.8, 4) is 11.5 Å². The molecule has 8 heteroatoms. The summed E-state index contributed by atoms with van der Waals surface area (Å²) >= 11 is 0. The van der Waals surface area contributed by atoms with Crippen molar-refractivity contribution < 1.29 is 23.8 Å². The average Bonchev–Trinajstić information content (AvgIpc) is 3.31. The van der Waals surface area contributed by atoms with Crippen molar-refractivity contribution in [3.63, 3.8) is 0 Å². The fourth-order valence-corrected chi connectivity index (χ4v) is 3.94. The summed E-state index contributed by atoms with van der Waals surface area (Å²) in [5, 5.41) is 6.23. The molecule has 8 nitrogen and oxygen atoms in total. The van der Waals surface area contributed by atoms with Crippen LogP contribution >= 0.6 is 0 Å². The Balaban J connectivity index is 1.94. The molecule has 0 saturated heterocycles. The van der Waals surface area contributed by atoms with Crippen molar-refractivity contribution in [2.75, 3.05) is 41.0 Å². The highest BCUT2D eigenvalue weighted by molar-refractivity contribution is 6.05. The minimum absolute atomic E-state index is 0.0692. The smallest absolute Gasteiger partial charge is 0.262 e. The van der Waals surface area contributed by atoms with Gasteiger partial charge in [0.15, 0.2) is 0 Å². The number of rotatable bonds is 10. The minimum atomic E-state index is -0.283. The normalized spacial score (nSPS) is 15.3. The highest BCUT2D eigenvalue weighted by Crippen LogP contribution is 2.36. The first kappa shape index (κ1) is 25.2. The van der Waals surface area contributed by atoms with Crippen molar-refractivity contribution >= 4 is 17.5 Å². The molecule has 0 spiro atoms. The number of nitrogens with zero attached hydrogens (tertiary/aromatic N) is 3. The van der Waals surface area contributed by atoms with E-state index in [0.29, 0.717) is 31.1 Å². The zero-order valence-electron chi connectivity index (χ0n) is 20.5. The highest BCUT2D eigenvalue weighted by Gasteiger charge is 2.35. The summed E-state index contributed by atoms with van der Waals surface area (Å²) in [7, 11) is 4.77. The number of ether oxygens (including phenoxy) is 3. The fraction of sp³-hybridized carbons (Fsp3) is 0.423. The monoisotopic (exact) mass is 467 g/mol. The van der Waals surface area contributed by atoms with Crippen LogP contribution in [0, 0.1) is 5.92 Å². The number of methoxy groups -OCH3 is 3. The molecule has 182 valence electrons. The van der Waals surface area contributed by atoms with E-state index in [1.54, 1.807) is 32.3 Å². The van der Waals surface area contributed by atoms with E-state index in [-0.39, 0.29) is 30.3 Å². The molecule has 1 heterocycles. The SMILES string of the molecule is COCCN(CC(=O)N1N=C(c2ccc(OC)cc2OC)C[C@@H]1c1ccccc1)C(=O)C(C)C. The van der Waals surface area contributed by atoms with Crippen molar-refractivity contribution in [2.24, 2.45) is 11.0 Å². The van der Waals surface area contributed by atoms with Gasteiger partial charge in [-0.1, -0.05) is 44.2 Å². The molecule has 1 atom stereocenters. The van der Waals surface area contributed by atoms with Gasteiger partial charge in [-0.05, 0) is 17.7 Å². The van der Waals surface area contributed by atoms with Crippen LogP contribution in [0.5, 0.6) is 11.5 Å². The van der Waals surface area contributed by atoms with Crippen LogP contribution in [-0.2, 0) is 14.3 Å². The Labute approximate surface area is 201 Å². The molecule has 0 bridgehead atoms. The Morgan fingerprint density at radius 3 is 2.44 bits per heavy atom. The predicted octanol–water partition coefficient (Wildman–Crippen LogP) is 3.51. The molecule has 1 aliphatic rings. The van der Waals surface area contributed by atoms with Gasteiger partial charge in [0.1, 0.15) is 18.0 Å². The molecular weight excluding hydrogens is 434 g/mol. The molecule has 2 amide bonds. The molecule has 0 unspecified atom stereocenters. The zero-order chi connectivity index (χ0) is 24.7. The highest BCUT2D eigenvalue weighted by atomic mass is 16.5. The van der Waals surface area contributed by atoms with E-state index in [1.165, 1.54) is 5.01 Å². The standard InChI is InChI=1S/C26H33N3O5/c1-18(2)26(31)28(13-14-32-3)17-25(30)29-23(19-9-7-6-8-10-19)16-22(27-29)21-12-11-20(33-4)15-24(21)34-5/h6-12,15,18,23H,13-14,16-17H2,1-5H3/t23-/m1/s1. The number of hydrogen-bond donors (Lipinski definition) is 0. The van der Waals surface area contributed by atoms with E-state index >= 15 is 0 Å². The second-order valence-corrected chi connectivity index (χ2v) is 8.39. The Morgan fingerprint density at radius 1 is 1.09 bits per heavy atom. The first-order valence-corrected chi connectivity index (χ1v) is 11.3. The van der Waals surface area contributed by atoms with Crippen LogP contribution < -0.4 is 9.47 Å². The van der Waals surface area contributed by atoms with Crippen LogP contribution in [0.1, 0.15) is 37.4 Å². The second-order valence-electron chi connectivity index (χ2n) is 8.39. The van der Waals surface area contributed by atoms with Crippen molar-refractivity contribution in [2.45, 2.75) is 26.3 Å². The van der Waals surface area contributed by atoms with Gasteiger partial charge in [0, 0.05) is 37.6 Å². The molecule has 3 rings (SSSR count). The van der Waals surface area contributed by atoms with E-state index in [9.17, 15) is 9.59 Å². The number of hydrazone groups is 1. The first-order chi connectivity index (χ1) is 16.4. The van der Waals surface area contributed by atoms with Crippen molar-refractivity contribution in [1.29, 1.82) is 0 Å². The average molecular weight is 468 g/mol. The largest absolute Gasteiger partial charge is 0.497 e. The summed E-state index contributed by atoms with van der Waals surface area (Å²) in [5.41, 5.74) is 2.51. The lowest BCUT2D eigenvalue weighted by Gasteiger charge is -2.28. The molecule has 0 aromatic heterocycles. The molecule has 0 radical (unpaired) electrons. The summed E-state index contributed by atoms with van der Waals surface area (Å²) in [4.78, 5) is 27.8. The molecule has 1 aliphatic heterocycles. The van der Waals surface area contributed by atoms with Gasteiger partial charge in [0.25, 0.3) is 5.91 Å². The van der Waals surface area contributed by atoms with Gasteiger partial charge in [-0.25, -0.2) is 5.01 Å². The Hall–Kier alpha value is -3.39. The fourth-order valence-electron chi connectivity index (χ4n) is 3.94. The molecule has 0 fully saturated rings. The van der Waals surface area contributed by atoms with Gasteiger partial charge in [0.2, 0.25) is 5.91 Å². The van der Waals surface area contributed by atoms with Gasteiger partial charge >= 0.3 is 0 Å². The van der Waals surface area contributed by atoms with Crippen LogP contribution in [0.2, 0.25) is 0 Å². The van der Waals surface area contributed by atoms with Gasteiger partial charge in [0.05, 0.1) is 32.6 Å². The summed E-state index contributed by atoms with van der Waals surface area (Å²) in [6.07, 6.45) is 0.522. The summed E-state index contributed by atoms with van der Waals surface area (Å²) in [5.74, 6) is 0.725. The van der Waals surface area contributed by atoms with Gasteiger partial charge in [-0.3, -0.25) is 9.59 Å². The third kappa shape index (κ3) is 5.75. The minimum Gasteiger partial charge on any atom is -0.497 e. The maximum absolute atomic E-state index is 13.5. The maximum atomic E-state index is 13.5. The molecular formula is C26H33N3O5. The molecule has 2 aromatic carbocycles. The van der Waals surface area contributed by atoms with Crippen LogP contribution in [0.4, 0.5) is 0 Å². The predicted molar refractivity (Wildman–Crippen MR) is 130 cm³/mol. The van der Waals surface area contributed by atoms with Crippen LogP contribution in [0.15, 0.2) is 53.6 Å². The lowest BCUT2D eigenvalue weighted by atomic mass is 9.98. The molecule has 0 aliphatic carbocycles. The van der Waals surface area contributed by atoms with Gasteiger partial charge in [-0.2, -0.15) is 5.10 Å². The van der Waals surface area contributed by atoms with E-state index in [4.69, 9.17) is 19.3 Å². The molecule has 0 N–H and O–H groups in total. The topological polar surface area (TPSA) is 80.7 Å². The van der Waals surface area contributed by atoms with E-state index in [0.717, 1.165) is 16.8 Å². The lowest BCUT2D eigenvalue weighted by molar-refractivity contribution is -0.143. The van der Waals surface area contributed by atoms with Crippen LogP contribution in [0.3, 0.4) is 0 Å².